The first-order valence-corrected chi connectivity index (χ1v) is 17.0. The second kappa shape index (κ2) is 14.7. The molecule has 2 aliphatic heterocycles. The number of pyridine rings is 1. The molecule has 2 saturated heterocycles. The Kier molecular flexibility index (Phi) is 10.5. The lowest BCUT2D eigenvalue weighted by molar-refractivity contribution is -0.141. The molecule has 2 N–H and O–H groups in total. The number of hydrogen-bond acceptors (Lipinski definition) is 9. The predicted molar refractivity (Wildman–Crippen MR) is 181 cm³/mol. The van der Waals surface area contributed by atoms with Gasteiger partial charge < -0.3 is 20.1 Å². The number of aromatic nitrogens is 3. The summed E-state index contributed by atoms with van der Waals surface area (Å²) in [4.78, 5) is 43.5. The average molecular weight is 683 g/mol. The number of benzene rings is 1. The van der Waals surface area contributed by atoms with Gasteiger partial charge in [-0.15, -0.1) is 0 Å². The number of hydrogen-bond donors (Lipinski definition) is 2. The topological polar surface area (TPSA) is 124 Å². The molecule has 4 heterocycles. The summed E-state index contributed by atoms with van der Waals surface area (Å²) >= 11 is 12.7. The SMILES string of the molecule is CC(=O)NC1C2CCN(Cc3cc(Oc4cnc(N5CCN(CCC(C)C(=O)O)CC5)nc4)nc(-c4cc(Cl)cc(Cl)c4)c3)CCC21. The minimum atomic E-state index is -0.751. The Morgan fingerprint density at radius 1 is 0.957 bits per heavy atom. The minimum Gasteiger partial charge on any atom is -0.481 e. The van der Waals surface area contributed by atoms with Crippen LogP contribution in [0, 0.1) is 17.8 Å². The van der Waals surface area contributed by atoms with Gasteiger partial charge in [0.2, 0.25) is 17.7 Å². The first-order chi connectivity index (χ1) is 22.6. The quantitative estimate of drug-likeness (QED) is 0.279. The van der Waals surface area contributed by atoms with E-state index in [1.165, 1.54) is 0 Å². The van der Waals surface area contributed by atoms with E-state index in [4.69, 9.17) is 38.0 Å². The van der Waals surface area contributed by atoms with Crippen LogP contribution in [0.3, 0.4) is 0 Å². The van der Waals surface area contributed by atoms with Crippen molar-refractivity contribution in [3.63, 3.8) is 0 Å². The van der Waals surface area contributed by atoms with Crippen molar-refractivity contribution in [1.29, 1.82) is 0 Å². The lowest BCUT2D eigenvalue weighted by Gasteiger charge is -2.34. The number of aliphatic carboxylic acids is 1. The van der Waals surface area contributed by atoms with Crippen LogP contribution in [0.2, 0.25) is 10.0 Å². The zero-order valence-electron chi connectivity index (χ0n) is 26.7. The molecule has 1 aliphatic carbocycles. The number of rotatable bonds is 11. The second-order valence-electron chi connectivity index (χ2n) is 12.9. The summed E-state index contributed by atoms with van der Waals surface area (Å²) in [6.45, 7) is 9.95. The van der Waals surface area contributed by atoms with Crippen molar-refractivity contribution in [2.75, 3.05) is 50.7 Å². The van der Waals surface area contributed by atoms with Crippen molar-refractivity contribution in [2.24, 2.45) is 17.8 Å². The van der Waals surface area contributed by atoms with E-state index in [-0.39, 0.29) is 11.8 Å². The molecule has 3 unspecified atom stereocenters. The summed E-state index contributed by atoms with van der Waals surface area (Å²) in [5, 5.41) is 13.3. The predicted octanol–water partition coefficient (Wildman–Crippen LogP) is 5.22. The van der Waals surface area contributed by atoms with E-state index in [0.717, 1.165) is 76.3 Å². The van der Waals surface area contributed by atoms with E-state index in [1.54, 1.807) is 32.3 Å². The number of piperazine rings is 1. The molecule has 6 rings (SSSR count). The highest BCUT2D eigenvalue weighted by atomic mass is 35.5. The number of carboxylic acid groups (broad SMARTS) is 1. The zero-order valence-corrected chi connectivity index (χ0v) is 28.3. The molecule has 1 aromatic carbocycles. The highest BCUT2D eigenvalue weighted by molar-refractivity contribution is 6.35. The van der Waals surface area contributed by atoms with Gasteiger partial charge in [-0.05, 0) is 80.6 Å². The summed E-state index contributed by atoms with van der Waals surface area (Å²) in [5.74, 6) is 1.62. The molecule has 0 radical (unpaired) electrons. The third-order valence-electron chi connectivity index (χ3n) is 9.48. The summed E-state index contributed by atoms with van der Waals surface area (Å²) < 4.78 is 6.23. The van der Waals surface area contributed by atoms with Crippen LogP contribution < -0.4 is 15.0 Å². The first-order valence-electron chi connectivity index (χ1n) is 16.3. The molecular formula is C34H41Cl2N7O4. The fraction of sp³-hybridized carbons (Fsp3) is 0.500. The molecular weight excluding hydrogens is 641 g/mol. The highest BCUT2D eigenvalue weighted by Gasteiger charge is 2.50. The van der Waals surface area contributed by atoms with Gasteiger partial charge in [-0.25, -0.2) is 15.0 Å². The van der Waals surface area contributed by atoms with Crippen molar-refractivity contribution < 1.29 is 19.4 Å². The standard InChI is InChI=1S/C34H41Cl2N7O4/c1-21(33(45)46)3-6-41-9-11-43(12-10-41)34-37-18-27(19-38-34)47-31-14-23(13-30(40-31)24-15-25(35)17-26(36)16-24)20-42-7-4-28-29(5-8-42)32(28)39-22(2)44/h13-19,21,28-29,32H,3-12,20H2,1-2H3,(H,39,44)(H,45,46). The summed E-state index contributed by atoms with van der Waals surface area (Å²) in [6, 6.07) is 9.72. The maximum absolute atomic E-state index is 11.6. The van der Waals surface area contributed by atoms with Gasteiger partial charge in [-0.1, -0.05) is 30.1 Å². The van der Waals surface area contributed by atoms with Crippen LogP contribution in [0.1, 0.15) is 38.7 Å². The number of amides is 1. The fourth-order valence-electron chi connectivity index (χ4n) is 6.74. The zero-order chi connectivity index (χ0) is 33.1. The Morgan fingerprint density at radius 3 is 2.23 bits per heavy atom. The van der Waals surface area contributed by atoms with E-state index in [9.17, 15) is 9.59 Å². The molecule has 3 aromatic rings. The van der Waals surface area contributed by atoms with Gasteiger partial charge in [-0.2, -0.15) is 0 Å². The largest absolute Gasteiger partial charge is 0.481 e. The minimum absolute atomic E-state index is 0.0530. The highest BCUT2D eigenvalue weighted by Crippen LogP contribution is 2.46. The van der Waals surface area contributed by atoms with Crippen molar-refractivity contribution in [3.8, 4) is 22.9 Å². The molecule has 250 valence electrons. The van der Waals surface area contributed by atoms with Crippen LogP contribution in [0.4, 0.5) is 5.95 Å². The molecule has 47 heavy (non-hydrogen) atoms. The van der Waals surface area contributed by atoms with Crippen LogP contribution in [-0.4, -0.2) is 93.6 Å². The van der Waals surface area contributed by atoms with Gasteiger partial charge in [0.05, 0.1) is 24.0 Å². The first kappa shape index (κ1) is 33.4. The number of nitrogens with zero attached hydrogens (tertiary/aromatic N) is 6. The molecule has 11 nitrogen and oxygen atoms in total. The Morgan fingerprint density at radius 2 is 1.62 bits per heavy atom. The lowest BCUT2D eigenvalue weighted by atomic mass is 10.1. The second-order valence-corrected chi connectivity index (χ2v) is 13.8. The number of carbonyl (C=O) groups excluding carboxylic acids is 1. The number of fused-ring (bicyclic) bond motifs is 1. The third-order valence-corrected chi connectivity index (χ3v) is 9.91. The molecule has 1 saturated carbocycles. The van der Waals surface area contributed by atoms with Crippen LogP contribution >= 0.6 is 23.2 Å². The molecule has 0 spiro atoms. The number of ether oxygens (including phenoxy) is 1. The smallest absolute Gasteiger partial charge is 0.306 e. The average Bonchev–Trinajstić information content (AvgIpc) is 3.74. The molecule has 0 bridgehead atoms. The molecule has 1 amide bonds. The summed E-state index contributed by atoms with van der Waals surface area (Å²) in [7, 11) is 0. The van der Waals surface area contributed by atoms with Crippen LogP contribution in [-0.2, 0) is 16.1 Å². The number of anilines is 1. The number of likely N-dealkylation sites (tertiary alicyclic amines) is 1. The van der Waals surface area contributed by atoms with Gasteiger partial charge in [0, 0.05) is 67.4 Å². The number of carboxylic acids is 1. The monoisotopic (exact) mass is 681 g/mol. The van der Waals surface area contributed by atoms with Crippen LogP contribution in [0.25, 0.3) is 11.3 Å². The summed E-state index contributed by atoms with van der Waals surface area (Å²) in [5.41, 5.74) is 2.56. The van der Waals surface area contributed by atoms with Crippen LogP contribution in [0.15, 0.2) is 42.7 Å². The Bertz CT molecular complexity index is 1550. The Labute approximate surface area is 285 Å². The third kappa shape index (κ3) is 8.70. The number of carbonyl (C=O) groups is 2. The molecule has 3 aliphatic rings. The molecule has 2 aromatic heterocycles. The fourth-order valence-corrected chi connectivity index (χ4v) is 7.27. The van der Waals surface area contributed by atoms with Gasteiger partial charge in [-0.3, -0.25) is 19.4 Å². The van der Waals surface area contributed by atoms with E-state index in [1.807, 2.05) is 18.2 Å². The maximum Gasteiger partial charge on any atom is 0.306 e. The van der Waals surface area contributed by atoms with Crippen molar-refractivity contribution >= 4 is 41.0 Å². The number of nitrogens with one attached hydrogen (secondary N) is 1. The van der Waals surface area contributed by atoms with Crippen LogP contribution in [0.5, 0.6) is 11.6 Å². The molecule has 13 heteroatoms. The normalized spacial score (nSPS) is 22.2. The van der Waals surface area contributed by atoms with Crippen molar-refractivity contribution in [2.45, 2.75) is 45.7 Å². The molecule has 3 fully saturated rings. The number of halogens is 2. The van der Waals surface area contributed by atoms with E-state index >= 15 is 0 Å². The van der Waals surface area contributed by atoms with Gasteiger partial charge in [0.1, 0.15) is 0 Å². The van der Waals surface area contributed by atoms with Gasteiger partial charge >= 0.3 is 5.97 Å². The van der Waals surface area contributed by atoms with E-state index in [0.29, 0.717) is 57.6 Å². The maximum atomic E-state index is 11.6. The van der Waals surface area contributed by atoms with E-state index in [2.05, 4.69) is 36.1 Å². The van der Waals surface area contributed by atoms with Gasteiger partial charge in [0.25, 0.3) is 0 Å². The van der Waals surface area contributed by atoms with E-state index < -0.39 is 5.97 Å². The lowest BCUT2D eigenvalue weighted by Crippen LogP contribution is -2.47. The van der Waals surface area contributed by atoms with Crippen molar-refractivity contribution in [1.82, 2.24) is 30.1 Å². The Balaban J connectivity index is 1.12. The van der Waals surface area contributed by atoms with Gasteiger partial charge in [0.15, 0.2) is 5.75 Å². The summed E-state index contributed by atoms with van der Waals surface area (Å²) in [6.07, 6.45) is 6.09. The molecule has 3 atom stereocenters. The Hall–Kier alpha value is -3.51. The van der Waals surface area contributed by atoms with Crippen molar-refractivity contribution in [3.05, 3.63) is 58.3 Å².